The van der Waals surface area contributed by atoms with Gasteiger partial charge in [0.2, 0.25) is 0 Å². The fourth-order valence-electron chi connectivity index (χ4n) is 4.49. The summed E-state index contributed by atoms with van der Waals surface area (Å²) in [6, 6.07) is 11.2. The Labute approximate surface area is 180 Å². The van der Waals surface area contributed by atoms with Crippen molar-refractivity contribution in [2.45, 2.75) is 44.8 Å². The minimum atomic E-state index is -0.418. The molecule has 0 aromatic heterocycles. The summed E-state index contributed by atoms with van der Waals surface area (Å²) in [5.41, 5.74) is 3.10. The van der Waals surface area contributed by atoms with Gasteiger partial charge >= 0.3 is 5.97 Å². The minimum absolute atomic E-state index is 0.0722. The normalized spacial score (nSPS) is 21.8. The maximum atomic E-state index is 13.2. The summed E-state index contributed by atoms with van der Waals surface area (Å²) in [5.74, 6) is -0.464. The van der Waals surface area contributed by atoms with E-state index in [9.17, 15) is 19.1 Å². The maximum absolute atomic E-state index is 13.2. The number of carbonyl (C=O) groups excluding carboxylic acids is 2. The standard InChI is InChI=1S/C24H25FN2O4/c1-31-24(30)17-6-10-20(11-7-17)27-21-12-15(14-28)2-3-18(21)13-22(27)26-23(29)16-4-8-19(25)9-5-16/h2-5,8-9,12,17,20,28H,6-7,10-11,13-14H2,1H3. The molecule has 0 unspecified atom stereocenters. The molecule has 2 aliphatic rings. The lowest BCUT2D eigenvalue weighted by molar-refractivity contribution is -0.146. The van der Waals surface area contributed by atoms with E-state index in [1.165, 1.54) is 31.4 Å². The van der Waals surface area contributed by atoms with E-state index in [2.05, 4.69) is 9.89 Å². The number of esters is 1. The number of aliphatic imine (C=N–C) groups is 1. The van der Waals surface area contributed by atoms with Crippen LogP contribution in [0.3, 0.4) is 0 Å². The second-order valence-corrected chi connectivity index (χ2v) is 8.04. The number of hydrogen-bond acceptors (Lipinski definition) is 4. The van der Waals surface area contributed by atoms with Crippen molar-refractivity contribution in [2.75, 3.05) is 12.0 Å². The minimum Gasteiger partial charge on any atom is -0.469 e. The third kappa shape index (κ3) is 4.37. The lowest BCUT2D eigenvalue weighted by Crippen LogP contribution is -2.41. The first kappa shape index (κ1) is 21.2. The quantitative estimate of drug-likeness (QED) is 0.758. The van der Waals surface area contributed by atoms with E-state index >= 15 is 0 Å². The van der Waals surface area contributed by atoms with E-state index in [0.717, 1.165) is 29.7 Å². The Morgan fingerprint density at radius 1 is 1.13 bits per heavy atom. The molecule has 7 heteroatoms. The Balaban J connectivity index is 1.64. The summed E-state index contributed by atoms with van der Waals surface area (Å²) in [5, 5.41) is 9.59. The number of nitrogens with zero attached hydrogens (tertiary/aromatic N) is 2. The Morgan fingerprint density at radius 2 is 1.84 bits per heavy atom. The molecule has 31 heavy (non-hydrogen) atoms. The predicted octanol–water partition coefficient (Wildman–Crippen LogP) is 3.65. The number of anilines is 1. The Bertz CT molecular complexity index is 1010. The number of aliphatic hydroxyl groups is 1. The van der Waals surface area contributed by atoms with Gasteiger partial charge in [-0.2, -0.15) is 4.99 Å². The molecule has 2 aromatic carbocycles. The topological polar surface area (TPSA) is 79.2 Å². The van der Waals surface area contributed by atoms with E-state index in [-0.39, 0.29) is 24.5 Å². The zero-order chi connectivity index (χ0) is 22.0. The van der Waals surface area contributed by atoms with E-state index in [0.29, 0.717) is 30.7 Å². The molecule has 1 aliphatic carbocycles. The first-order valence-electron chi connectivity index (χ1n) is 10.5. The highest BCUT2D eigenvalue weighted by atomic mass is 19.1. The third-order valence-electron chi connectivity index (χ3n) is 6.14. The number of halogens is 1. The van der Waals surface area contributed by atoms with Gasteiger partial charge in [0.1, 0.15) is 11.7 Å². The van der Waals surface area contributed by atoms with Crippen LogP contribution in [-0.4, -0.2) is 36.0 Å². The largest absolute Gasteiger partial charge is 0.469 e. The van der Waals surface area contributed by atoms with Crippen molar-refractivity contribution in [1.82, 2.24) is 0 Å². The molecule has 1 heterocycles. The first-order chi connectivity index (χ1) is 15.0. The molecule has 0 atom stereocenters. The summed E-state index contributed by atoms with van der Waals surface area (Å²) < 4.78 is 18.1. The summed E-state index contributed by atoms with van der Waals surface area (Å²) in [6.45, 7) is -0.0722. The van der Waals surface area contributed by atoms with Crippen LogP contribution >= 0.6 is 0 Å². The van der Waals surface area contributed by atoms with Gasteiger partial charge in [0, 0.05) is 23.7 Å². The first-order valence-corrected chi connectivity index (χ1v) is 10.5. The van der Waals surface area contributed by atoms with E-state index in [1.807, 2.05) is 18.2 Å². The van der Waals surface area contributed by atoms with Gasteiger partial charge in [-0.3, -0.25) is 9.59 Å². The molecule has 0 bridgehead atoms. The lowest BCUT2D eigenvalue weighted by atomic mass is 9.85. The van der Waals surface area contributed by atoms with Crippen LogP contribution in [0.4, 0.5) is 10.1 Å². The molecule has 6 nitrogen and oxygen atoms in total. The number of fused-ring (bicyclic) bond motifs is 1. The Kier molecular flexibility index (Phi) is 6.13. The number of amidine groups is 1. The molecule has 0 spiro atoms. The van der Waals surface area contributed by atoms with Crippen LogP contribution < -0.4 is 4.90 Å². The lowest BCUT2D eigenvalue weighted by Gasteiger charge is -2.35. The van der Waals surface area contributed by atoms with Crippen LogP contribution in [0, 0.1) is 11.7 Å². The third-order valence-corrected chi connectivity index (χ3v) is 6.14. The van der Waals surface area contributed by atoms with E-state index in [4.69, 9.17) is 4.74 Å². The molecular formula is C24H25FN2O4. The van der Waals surface area contributed by atoms with Gasteiger partial charge in [0.25, 0.3) is 5.91 Å². The van der Waals surface area contributed by atoms with Crippen molar-refractivity contribution < 1.29 is 23.8 Å². The van der Waals surface area contributed by atoms with Crippen molar-refractivity contribution in [2.24, 2.45) is 10.9 Å². The Morgan fingerprint density at radius 3 is 2.48 bits per heavy atom. The number of ether oxygens (including phenoxy) is 1. The smallest absolute Gasteiger partial charge is 0.308 e. The summed E-state index contributed by atoms with van der Waals surface area (Å²) in [6.07, 6.45) is 3.47. The molecule has 1 saturated carbocycles. The molecule has 4 rings (SSSR count). The molecule has 0 saturated heterocycles. The molecule has 1 N–H and O–H groups in total. The van der Waals surface area contributed by atoms with Crippen molar-refractivity contribution in [3.8, 4) is 0 Å². The van der Waals surface area contributed by atoms with E-state index in [1.54, 1.807) is 0 Å². The molecular weight excluding hydrogens is 399 g/mol. The number of rotatable bonds is 4. The number of carbonyl (C=O) groups is 2. The van der Waals surface area contributed by atoms with Gasteiger partial charge in [0.15, 0.2) is 0 Å². The highest BCUT2D eigenvalue weighted by molar-refractivity contribution is 6.12. The monoisotopic (exact) mass is 424 g/mol. The average Bonchev–Trinajstić information content (AvgIpc) is 3.15. The highest BCUT2D eigenvalue weighted by Gasteiger charge is 2.36. The molecule has 162 valence electrons. The van der Waals surface area contributed by atoms with Crippen molar-refractivity contribution >= 4 is 23.4 Å². The highest BCUT2D eigenvalue weighted by Crippen LogP contribution is 2.38. The van der Waals surface area contributed by atoms with Crippen LogP contribution in [0.15, 0.2) is 47.5 Å². The predicted molar refractivity (Wildman–Crippen MR) is 114 cm³/mol. The van der Waals surface area contributed by atoms with Gasteiger partial charge in [-0.15, -0.1) is 0 Å². The fourth-order valence-corrected chi connectivity index (χ4v) is 4.49. The second kappa shape index (κ2) is 8.98. The number of benzene rings is 2. The summed E-state index contributed by atoms with van der Waals surface area (Å²) in [7, 11) is 1.41. The molecule has 1 amide bonds. The van der Waals surface area contributed by atoms with Gasteiger partial charge in [-0.1, -0.05) is 12.1 Å². The fraction of sp³-hybridized carbons (Fsp3) is 0.375. The number of aliphatic hydroxyl groups excluding tert-OH is 1. The average molecular weight is 424 g/mol. The number of amides is 1. The van der Waals surface area contributed by atoms with Crippen LogP contribution in [0.5, 0.6) is 0 Å². The zero-order valence-electron chi connectivity index (χ0n) is 17.4. The van der Waals surface area contributed by atoms with Crippen LogP contribution in [0.1, 0.15) is 47.2 Å². The van der Waals surface area contributed by atoms with Crippen molar-refractivity contribution in [3.05, 3.63) is 65.0 Å². The van der Waals surface area contributed by atoms with Crippen molar-refractivity contribution in [1.29, 1.82) is 0 Å². The Hall–Kier alpha value is -3.06. The SMILES string of the molecule is COC(=O)C1CCC(N2C(=NC(=O)c3ccc(F)cc3)Cc3ccc(CO)cc32)CC1. The molecule has 2 aromatic rings. The number of hydrogen-bond donors (Lipinski definition) is 1. The van der Waals surface area contributed by atoms with E-state index < -0.39 is 11.7 Å². The number of methoxy groups -OCH3 is 1. The van der Waals surface area contributed by atoms with Crippen LogP contribution in [-0.2, 0) is 22.6 Å². The molecule has 1 fully saturated rings. The molecule has 1 aliphatic heterocycles. The summed E-state index contributed by atoms with van der Waals surface area (Å²) in [4.78, 5) is 31.2. The van der Waals surface area contributed by atoms with Gasteiger partial charge < -0.3 is 14.7 Å². The van der Waals surface area contributed by atoms with Gasteiger partial charge in [-0.25, -0.2) is 4.39 Å². The maximum Gasteiger partial charge on any atom is 0.308 e. The van der Waals surface area contributed by atoms with Crippen LogP contribution in [0.2, 0.25) is 0 Å². The van der Waals surface area contributed by atoms with Gasteiger partial charge in [0.05, 0.1) is 19.6 Å². The summed E-state index contributed by atoms with van der Waals surface area (Å²) >= 11 is 0. The van der Waals surface area contributed by atoms with Gasteiger partial charge in [-0.05, 0) is 67.1 Å². The van der Waals surface area contributed by atoms with Crippen LogP contribution in [0.25, 0.3) is 0 Å². The van der Waals surface area contributed by atoms with Crippen molar-refractivity contribution in [3.63, 3.8) is 0 Å². The molecule has 0 radical (unpaired) electrons. The second-order valence-electron chi connectivity index (χ2n) is 8.04. The zero-order valence-corrected chi connectivity index (χ0v) is 17.4.